The Balaban J connectivity index is 2.34. The van der Waals surface area contributed by atoms with E-state index in [-0.39, 0.29) is 5.69 Å². The molecule has 0 fully saturated rings. The Morgan fingerprint density at radius 1 is 1.39 bits per heavy atom. The van der Waals surface area contributed by atoms with Gasteiger partial charge in [-0.1, -0.05) is 19.1 Å². The molecule has 94 valence electrons. The first-order chi connectivity index (χ1) is 8.61. The Hall–Kier alpha value is -2.14. The van der Waals surface area contributed by atoms with E-state index >= 15 is 0 Å². The highest BCUT2D eigenvalue weighted by atomic mass is 16.6. The van der Waals surface area contributed by atoms with E-state index in [0.29, 0.717) is 23.5 Å². The van der Waals surface area contributed by atoms with E-state index in [1.54, 1.807) is 24.3 Å². The number of aliphatic hydroxyl groups is 1. The highest BCUT2D eigenvalue weighted by Gasteiger charge is 2.13. The summed E-state index contributed by atoms with van der Waals surface area (Å²) in [5.41, 5.74) is 0.639. The Morgan fingerprint density at radius 3 is 2.83 bits per heavy atom. The lowest BCUT2D eigenvalue weighted by Gasteiger charge is -2.02. The molecule has 0 saturated heterocycles. The summed E-state index contributed by atoms with van der Waals surface area (Å²) in [6.45, 7) is 1.85. The van der Waals surface area contributed by atoms with Crippen LogP contribution < -0.4 is 0 Å². The van der Waals surface area contributed by atoms with E-state index in [0.717, 1.165) is 0 Å². The van der Waals surface area contributed by atoms with Gasteiger partial charge in [-0.15, -0.1) is 0 Å². The monoisotopic (exact) mass is 247 g/mol. The van der Waals surface area contributed by atoms with Gasteiger partial charge < -0.3 is 9.52 Å². The molecule has 1 aromatic carbocycles. The molecular formula is C13H13NO4. The second-order valence-corrected chi connectivity index (χ2v) is 3.93. The summed E-state index contributed by atoms with van der Waals surface area (Å²) in [5, 5.41) is 20.3. The van der Waals surface area contributed by atoms with Crippen LogP contribution in [0.1, 0.15) is 25.2 Å². The van der Waals surface area contributed by atoms with Crippen molar-refractivity contribution in [3.8, 4) is 11.3 Å². The van der Waals surface area contributed by atoms with Crippen LogP contribution in [0.3, 0.4) is 0 Å². The maximum Gasteiger partial charge on any atom is 0.270 e. The summed E-state index contributed by atoms with van der Waals surface area (Å²) in [4.78, 5) is 10.2. The first-order valence-corrected chi connectivity index (χ1v) is 5.64. The van der Waals surface area contributed by atoms with Gasteiger partial charge in [-0.05, 0) is 18.6 Å². The zero-order valence-corrected chi connectivity index (χ0v) is 9.87. The number of hydrogen-bond donors (Lipinski definition) is 1. The van der Waals surface area contributed by atoms with Crippen LogP contribution in [0.25, 0.3) is 11.3 Å². The lowest BCUT2D eigenvalue weighted by molar-refractivity contribution is -0.384. The molecule has 0 aliphatic rings. The molecule has 5 heteroatoms. The molecule has 2 rings (SSSR count). The first-order valence-electron chi connectivity index (χ1n) is 5.64. The van der Waals surface area contributed by atoms with Gasteiger partial charge in [0.1, 0.15) is 17.6 Å². The molecule has 0 aliphatic carbocycles. The molecule has 5 nitrogen and oxygen atoms in total. The summed E-state index contributed by atoms with van der Waals surface area (Å²) in [7, 11) is 0. The number of nitro groups is 1. The Kier molecular flexibility index (Phi) is 3.43. The Bertz CT molecular complexity index is 562. The minimum Gasteiger partial charge on any atom is -0.458 e. The third kappa shape index (κ3) is 2.41. The quantitative estimate of drug-likeness (QED) is 0.664. The van der Waals surface area contributed by atoms with E-state index in [9.17, 15) is 15.2 Å². The molecule has 0 amide bonds. The third-order valence-corrected chi connectivity index (χ3v) is 2.68. The van der Waals surface area contributed by atoms with Gasteiger partial charge in [-0.25, -0.2) is 0 Å². The summed E-state index contributed by atoms with van der Waals surface area (Å²) < 4.78 is 5.48. The van der Waals surface area contributed by atoms with Gasteiger partial charge in [0.15, 0.2) is 0 Å². The van der Waals surface area contributed by atoms with Crippen molar-refractivity contribution in [3.05, 3.63) is 52.3 Å². The van der Waals surface area contributed by atoms with Crippen LogP contribution in [-0.4, -0.2) is 10.0 Å². The van der Waals surface area contributed by atoms with Crippen molar-refractivity contribution < 1.29 is 14.4 Å². The van der Waals surface area contributed by atoms with Gasteiger partial charge in [-0.2, -0.15) is 0 Å². The summed E-state index contributed by atoms with van der Waals surface area (Å²) in [5.74, 6) is 0.986. The van der Waals surface area contributed by atoms with Crippen molar-refractivity contribution in [2.24, 2.45) is 0 Å². The molecule has 2 aromatic rings. The van der Waals surface area contributed by atoms with Gasteiger partial charge in [0.05, 0.1) is 4.92 Å². The molecule has 1 atom stereocenters. The lowest BCUT2D eigenvalue weighted by Crippen LogP contribution is -1.91. The van der Waals surface area contributed by atoms with Crippen molar-refractivity contribution in [3.63, 3.8) is 0 Å². The van der Waals surface area contributed by atoms with Gasteiger partial charge in [-0.3, -0.25) is 10.1 Å². The van der Waals surface area contributed by atoms with Gasteiger partial charge in [0.2, 0.25) is 0 Å². The van der Waals surface area contributed by atoms with E-state index in [1.165, 1.54) is 12.1 Å². The smallest absolute Gasteiger partial charge is 0.270 e. The van der Waals surface area contributed by atoms with Crippen LogP contribution in [0.5, 0.6) is 0 Å². The number of hydrogen-bond acceptors (Lipinski definition) is 4. The zero-order valence-electron chi connectivity index (χ0n) is 9.87. The first kappa shape index (κ1) is 12.3. The second kappa shape index (κ2) is 5.01. The molecular weight excluding hydrogens is 234 g/mol. The number of non-ortho nitro benzene ring substituents is 1. The predicted octanol–water partition coefficient (Wildman–Crippen LogP) is 3.30. The average Bonchev–Trinajstić information content (AvgIpc) is 2.87. The molecule has 0 saturated carbocycles. The fourth-order valence-electron chi connectivity index (χ4n) is 1.66. The Labute approximate surface area is 104 Å². The predicted molar refractivity (Wildman–Crippen MR) is 66.0 cm³/mol. The van der Waals surface area contributed by atoms with Crippen molar-refractivity contribution in [2.75, 3.05) is 0 Å². The number of nitrogens with zero attached hydrogens (tertiary/aromatic N) is 1. The minimum atomic E-state index is -0.641. The molecule has 1 N–H and O–H groups in total. The summed E-state index contributed by atoms with van der Waals surface area (Å²) >= 11 is 0. The lowest BCUT2D eigenvalue weighted by atomic mass is 10.1. The highest BCUT2D eigenvalue weighted by Crippen LogP contribution is 2.28. The molecule has 0 bridgehead atoms. The number of rotatable bonds is 4. The van der Waals surface area contributed by atoms with Crippen LogP contribution in [0, 0.1) is 10.1 Å². The van der Waals surface area contributed by atoms with Crippen molar-refractivity contribution >= 4 is 5.69 Å². The topological polar surface area (TPSA) is 76.5 Å². The molecule has 1 aromatic heterocycles. The number of furan rings is 1. The molecule has 18 heavy (non-hydrogen) atoms. The number of nitro benzene ring substituents is 1. The van der Waals surface area contributed by atoms with Crippen LogP contribution in [0.2, 0.25) is 0 Å². The fourth-order valence-corrected chi connectivity index (χ4v) is 1.66. The third-order valence-electron chi connectivity index (χ3n) is 2.68. The van der Waals surface area contributed by atoms with E-state index < -0.39 is 11.0 Å². The van der Waals surface area contributed by atoms with Gasteiger partial charge in [0.25, 0.3) is 5.69 Å². The second-order valence-electron chi connectivity index (χ2n) is 3.93. The molecule has 1 heterocycles. The number of aliphatic hydroxyl groups excluding tert-OH is 1. The van der Waals surface area contributed by atoms with E-state index in [1.807, 2.05) is 6.92 Å². The molecule has 0 radical (unpaired) electrons. The number of benzene rings is 1. The van der Waals surface area contributed by atoms with Crippen LogP contribution in [0.15, 0.2) is 40.8 Å². The normalized spacial score (nSPS) is 12.3. The summed E-state index contributed by atoms with van der Waals surface area (Å²) in [6.07, 6.45) is -0.0838. The van der Waals surface area contributed by atoms with Crippen molar-refractivity contribution in [1.29, 1.82) is 0 Å². The van der Waals surface area contributed by atoms with Crippen molar-refractivity contribution in [1.82, 2.24) is 0 Å². The fraction of sp³-hybridized carbons (Fsp3) is 0.231. The van der Waals surface area contributed by atoms with Gasteiger partial charge in [0, 0.05) is 17.7 Å². The minimum absolute atomic E-state index is 0.0153. The molecule has 0 aliphatic heterocycles. The maximum absolute atomic E-state index is 10.7. The van der Waals surface area contributed by atoms with Crippen molar-refractivity contribution in [2.45, 2.75) is 19.4 Å². The van der Waals surface area contributed by atoms with Gasteiger partial charge >= 0.3 is 0 Å². The van der Waals surface area contributed by atoms with Crippen LogP contribution in [0.4, 0.5) is 5.69 Å². The van der Waals surface area contributed by atoms with Crippen LogP contribution in [-0.2, 0) is 0 Å². The SMILES string of the molecule is CCC(O)c1ccc(-c2cccc([N+](=O)[O-])c2)o1. The Morgan fingerprint density at radius 2 is 2.17 bits per heavy atom. The standard InChI is InChI=1S/C13H13NO4/c1-2-11(15)13-7-6-12(18-13)9-4-3-5-10(8-9)14(16)17/h3-8,11,15H,2H2,1H3. The largest absolute Gasteiger partial charge is 0.458 e. The van der Waals surface area contributed by atoms with E-state index in [2.05, 4.69) is 0 Å². The molecule has 1 unspecified atom stereocenters. The maximum atomic E-state index is 10.7. The zero-order chi connectivity index (χ0) is 13.1. The average molecular weight is 247 g/mol. The van der Waals surface area contributed by atoms with Crippen LogP contribution >= 0.6 is 0 Å². The molecule has 0 spiro atoms. The van der Waals surface area contributed by atoms with E-state index in [4.69, 9.17) is 4.42 Å². The highest BCUT2D eigenvalue weighted by molar-refractivity contribution is 5.61. The summed E-state index contributed by atoms with van der Waals surface area (Å²) in [6, 6.07) is 9.59.